The van der Waals surface area contributed by atoms with Crippen LogP contribution in [-0.4, -0.2) is 71.6 Å². The predicted molar refractivity (Wildman–Crippen MR) is 158 cm³/mol. The number of fused-ring (bicyclic) bond motifs is 1. The number of benzene rings is 2. The third-order valence-corrected chi connectivity index (χ3v) is 8.05. The number of amides is 1. The lowest BCUT2D eigenvalue weighted by molar-refractivity contribution is 0.172. The fourth-order valence-electron chi connectivity index (χ4n) is 4.20. The fraction of sp³-hybridized carbons (Fsp3) is 0.360. The van der Waals surface area contributed by atoms with Gasteiger partial charge in [0.15, 0.2) is 5.75 Å². The number of hydrogen-bond donors (Lipinski definition) is 3. The molecule has 0 aliphatic carbocycles. The summed E-state index contributed by atoms with van der Waals surface area (Å²) in [6.45, 7) is 3.60. The van der Waals surface area contributed by atoms with E-state index in [1.54, 1.807) is 32.3 Å². The maximum absolute atomic E-state index is 13.4. The van der Waals surface area contributed by atoms with Crippen LogP contribution in [0.4, 0.5) is 10.5 Å². The monoisotopic (exact) mass is 633 g/mol. The van der Waals surface area contributed by atoms with Crippen LogP contribution in [0.1, 0.15) is 16.7 Å². The lowest BCUT2D eigenvalue weighted by atomic mass is 9.97. The van der Waals surface area contributed by atoms with Gasteiger partial charge in [0.2, 0.25) is 0 Å². The Bertz CT molecular complexity index is 1560. The summed E-state index contributed by atoms with van der Waals surface area (Å²) < 4.78 is 39.6. The topological polar surface area (TPSA) is 133 Å². The van der Waals surface area contributed by atoms with E-state index in [4.69, 9.17) is 32.4 Å². The molecule has 4 rings (SSSR count). The molecule has 1 saturated heterocycles. The molecule has 1 aromatic heterocycles. The van der Waals surface area contributed by atoms with E-state index in [-0.39, 0.29) is 45.9 Å². The predicted octanol–water partition coefficient (Wildman–Crippen LogP) is 3.45. The van der Waals surface area contributed by atoms with E-state index >= 15 is 0 Å². The standard InChI is InChI=1S/C25H29Cl2N5O6S.ClH/c1-28-39(35,36)30-20-6-4-5-15(23(20)27)11-17-18(14-32-9-7-29-8-10-32)16-12-19(26)22(38-25(34)31(2)3)13-21(16)37-24(17)33;/h4-6,12-13,28-30H,7-11,14H2,1-3H3;1H. The van der Waals surface area contributed by atoms with Crippen molar-refractivity contribution >= 4 is 68.6 Å². The molecular weight excluding hydrogens is 605 g/mol. The van der Waals surface area contributed by atoms with Crippen molar-refractivity contribution in [2.24, 2.45) is 0 Å². The van der Waals surface area contributed by atoms with Gasteiger partial charge >= 0.3 is 11.7 Å². The zero-order chi connectivity index (χ0) is 28.3. The average molecular weight is 635 g/mol. The summed E-state index contributed by atoms with van der Waals surface area (Å²) in [6.07, 6.45) is -0.539. The van der Waals surface area contributed by atoms with Crippen molar-refractivity contribution in [3.05, 3.63) is 67.5 Å². The van der Waals surface area contributed by atoms with E-state index in [2.05, 4.69) is 19.7 Å². The maximum atomic E-state index is 13.4. The van der Waals surface area contributed by atoms with E-state index in [0.717, 1.165) is 26.2 Å². The van der Waals surface area contributed by atoms with E-state index in [0.29, 0.717) is 28.6 Å². The van der Waals surface area contributed by atoms with Gasteiger partial charge in [0.05, 0.1) is 15.7 Å². The lowest BCUT2D eigenvalue weighted by Crippen LogP contribution is -2.43. The summed E-state index contributed by atoms with van der Waals surface area (Å²) >= 11 is 13.1. The summed E-state index contributed by atoms with van der Waals surface area (Å²) in [7, 11) is 0.557. The summed E-state index contributed by atoms with van der Waals surface area (Å²) in [5.41, 5.74) is 1.41. The van der Waals surface area contributed by atoms with Crippen LogP contribution < -0.4 is 25.1 Å². The van der Waals surface area contributed by atoms with E-state index in [1.165, 1.54) is 24.1 Å². The van der Waals surface area contributed by atoms with Crippen molar-refractivity contribution in [1.82, 2.24) is 19.8 Å². The Labute approximate surface area is 248 Å². The highest BCUT2D eigenvalue weighted by molar-refractivity contribution is 7.90. The van der Waals surface area contributed by atoms with Crippen LogP contribution in [0.2, 0.25) is 10.0 Å². The zero-order valence-electron chi connectivity index (χ0n) is 22.0. The van der Waals surface area contributed by atoms with Crippen LogP contribution in [0, 0.1) is 0 Å². The van der Waals surface area contributed by atoms with Gasteiger partial charge in [0.1, 0.15) is 5.58 Å². The fourth-order valence-corrected chi connectivity index (χ4v) is 5.26. The molecule has 0 radical (unpaired) electrons. The SMILES string of the molecule is CNS(=O)(=O)Nc1cccc(Cc2c(CN3CCNCC3)c3cc(Cl)c(OC(=O)N(C)C)cc3oc2=O)c1Cl.Cl. The van der Waals surface area contributed by atoms with Crippen molar-refractivity contribution in [3.8, 4) is 5.75 Å². The molecule has 1 amide bonds. The van der Waals surface area contributed by atoms with Gasteiger partial charge in [0, 0.05) is 77.3 Å². The van der Waals surface area contributed by atoms with Crippen molar-refractivity contribution < 1.29 is 22.4 Å². The van der Waals surface area contributed by atoms with Crippen molar-refractivity contribution in [3.63, 3.8) is 0 Å². The van der Waals surface area contributed by atoms with Crippen molar-refractivity contribution in [1.29, 1.82) is 0 Å². The Morgan fingerprint density at radius 3 is 2.52 bits per heavy atom. The Morgan fingerprint density at radius 1 is 1.18 bits per heavy atom. The molecule has 2 heterocycles. The zero-order valence-corrected chi connectivity index (χ0v) is 25.2. The molecule has 3 aromatic rings. The number of halogens is 3. The summed E-state index contributed by atoms with van der Waals surface area (Å²) in [5.74, 6) is 0.0689. The molecule has 0 saturated carbocycles. The highest BCUT2D eigenvalue weighted by Gasteiger charge is 2.23. The number of nitrogens with one attached hydrogen (secondary N) is 3. The quantitative estimate of drug-likeness (QED) is 0.321. The van der Waals surface area contributed by atoms with Gasteiger partial charge in [-0.3, -0.25) is 9.62 Å². The average Bonchev–Trinajstić information content (AvgIpc) is 2.89. The first-order valence-electron chi connectivity index (χ1n) is 12.1. The van der Waals surface area contributed by atoms with Crippen LogP contribution >= 0.6 is 35.6 Å². The van der Waals surface area contributed by atoms with Gasteiger partial charge < -0.3 is 19.4 Å². The number of piperazine rings is 1. The van der Waals surface area contributed by atoms with Crippen LogP contribution in [0.25, 0.3) is 11.0 Å². The molecule has 15 heteroatoms. The molecular formula is C25H30Cl3N5O6S. The Kier molecular flexibility index (Phi) is 10.7. The van der Waals surface area contributed by atoms with Crippen LogP contribution in [0.3, 0.4) is 0 Å². The number of carbonyl (C=O) groups excluding carboxylic acids is 1. The number of hydrogen-bond acceptors (Lipinski definition) is 8. The van der Waals surface area contributed by atoms with E-state index in [9.17, 15) is 18.0 Å². The minimum atomic E-state index is -3.80. The van der Waals surface area contributed by atoms with Crippen molar-refractivity contribution in [2.75, 3.05) is 52.0 Å². The number of ether oxygens (including phenoxy) is 1. The number of nitrogens with zero attached hydrogens (tertiary/aromatic N) is 2. The number of carbonyl (C=O) groups is 1. The molecule has 1 aliphatic heterocycles. The van der Waals surface area contributed by atoms with Gasteiger partial charge in [-0.05, 0) is 23.3 Å². The first-order chi connectivity index (χ1) is 18.5. The normalized spacial score (nSPS) is 14.0. The summed E-state index contributed by atoms with van der Waals surface area (Å²) in [4.78, 5) is 29.0. The van der Waals surface area contributed by atoms with Crippen LogP contribution in [0.5, 0.6) is 5.75 Å². The Balaban J connectivity index is 0.00000441. The summed E-state index contributed by atoms with van der Waals surface area (Å²) in [5, 5.41) is 4.25. The largest absolute Gasteiger partial charge is 0.422 e. The highest BCUT2D eigenvalue weighted by Crippen LogP contribution is 2.35. The second kappa shape index (κ2) is 13.4. The minimum absolute atomic E-state index is 0. The van der Waals surface area contributed by atoms with Gasteiger partial charge in [-0.15, -0.1) is 12.4 Å². The smallest absolute Gasteiger partial charge is 0.414 e. The van der Waals surface area contributed by atoms with Gasteiger partial charge in [-0.1, -0.05) is 35.3 Å². The van der Waals surface area contributed by atoms with Crippen molar-refractivity contribution in [2.45, 2.75) is 13.0 Å². The lowest BCUT2D eigenvalue weighted by Gasteiger charge is -2.28. The first kappa shape index (κ1) is 31.9. The maximum Gasteiger partial charge on any atom is 0.414 e. The third kappa shape index (κ3) is 7.38. The Morgan fingerprint density at radius 2 is 1.88 bits per heavy atom. The molecule has 218 valence electrons. The molecule has 0 unspecified atom stereocenters. The van der Waals surface area contributed by atoms with Crippen LogP contribution in [-0.2, 0) is 23.2 Å². The third-order valence-electron chi connectivity index (χ3n) is 6.29. The number of anilines is 1. The minimum Gasteiger partial charge on any atom is -0.422 e. The molecule has 40 heavy (non-hydrogen) atoms. The van der Waals surface area contributed by atoms with Crippen LogP contribution in [0.15, 0.2) is 39.5 Å². The molecule has 0 spiro atoms. The van der Waals surface area contributed by atoms with Gasteiger partial charge in [-0.25, -0.2) is 14.3 Å². The molecule has 0 bridgehead atoms. The second-order valence-electron chi connectivity index (χ2n) is 9.18. The molecule has 0 atom stereocenters. The molecule has 11 nitrogen and oxygen atoms in total. The second-order valence-corrected chi connectivity index (χ2v) is 11.6. The van der Waals surface area contributed by atoms with Gasteiger partial charge in [-0.2, -0.15) is 8.42 Å². The molecule has 2 aromatic carbocycles. The first-order valence-corrected chi connectivity index (χ1v) is 14.3. The van der Waals surface area contributed by atoms with E-state index < -0.39 is 21.9 Å². The molecule has 1 fully saturated rings. The molecule has 1 aliphatic rings. The summed E-state index contributed by atoms with van der Waals surface area (Å²) in [6, 6.07) is 7.95. The van der Waals surface area contributed by atoms with E-state index in [1.807, 2.05) is 0 Å². The highest BCUT2D eigenvalue weighted by atomic mass is 35.5. The Hall–Kier alpha value is -2.58. The van der Waals surface area contributed by atoms with Gasteiger partial charge in [0.25, 0.3) is 10.2 Å². The molecule has 3 N–H and O–H groups in total. The number of rotatable bonds is 8.